The smallest absolute Gasteiger partial charge is 0.167 e. The fraction of sp³-hybridized carbons (Fsp3) is 0.917. The maximum absolute atomic E-state index is 13.3. The molecule has 19 heavy (non-hydrogen) atoms. The number of hydrogen-bond donors (Lipinski definition) is 0. The molecule has 0 bridgehead atoms. The summed E-state index contributed by atoms with van der Waals surface area (Å²) in [6.45, 7) is -0.0450. The normalized spacial score (nSPS) is 19.2. The third-order valence-electron chi connectivity index (χ3n) is 2.58. The highest BCUT2D eigenvalue weighted by Crippen LogP contribution is 2.21. The number of nitriles is 1. The molecule has 2 nitrogen and oxygen atoms in total. The molecule has 7 heteroatoms. The van der Waals surface area contributed by atoms with Gasteiger partial charge in [0.15, 0.2) is 18.5 Å². The molecule has 0 radical (unpaired) electrons. The van der Waals surface area contributed by atoms with Gasteiger partial charge in [-0.1, -0.05) is 6.92 Å². The van der Waals surface area contributed by atoms with Crippen LogP contribution in [0.4, 0.5) is 22.0 Å². The summed E-state index contributed by atoms with van der Waals surface area (Å²) < 4.78 is 69.3. The van der Waals surface area contributed by atoms with Crippen LogP contribution in [-0.4, -0.2) is 44.1 Å². The van der Waals surface area contributed by atoms with Crippen LogP contribution in [0.25, 0.3) is 0 Å². The SMILES string of the molecule is CCC(C#N)OCC(F)C(F)C(F)C(F)CCCF. The van der Waals surface area contributed by atoms with Crippen molar-refractivity contribution in [2.45, 2.75) is 57.0 Å². The summed E-state index contributed by atoms with van der Waals surface area (Å²) >= 11 is 0. The number of alkyl halides is 5. The number of rotatable bonds is 10. The van der Waals surface area contributed by atoms with Gasteiger partial charge < -0.3 is 4.74 Å². The van der Waals surface area contributed by atoms with Crippen molar-refractivity contribution in [2.24, 2.45) is 0 Å². The van der Waals surface area contributed by atoms with Gasteiger partial charge in [0.2, 0.25) is 0 Å². The molecular weight excluding hydrogens is 269 g/mol. The van der Waals surface area contributed by atoms with Crippen molar-refractivity contribution >= 4 is 0 Å². The molecule has 0 rings (SSSR count). The zero-order chi connectivity index (χ0) is 14.8. The zero-order valence-corrected chi connectivity index (χ0v) is 10.7. The predicted molar refractivity (Wildman–Crippen MR) is 60.4 cm³/mol. The quantitative estimate of drug-likeness (QED) is 0.577. The summed E-state index contributed by atoms with van der Waals surface area (Å²) in [6, 6.07) is 1.71. The summed E-state index contributed by atoms with van der Waals surface area (Å²) in [5.74, 6) is 0. The number of ether oxygens (including phenoxy) is 1. The van der Waals surface area contributed by atoms with E-state index in [1.54, 1.807) is 13.0 Å². The largest absolute Gasteiger partial charge is 0.360 e. The Morgan fingerprint density at radius 2 is 1.68 bits per heavy atom. The third kappa shape index (κ3) is 6.71. The lowest BCUT2D eigenvalue weighted by molar-refractivity contribution is -0.0232. The van der Waals surface area contributed by atoms with E-state index in [4.69, 9.17) is 10.00 Å². The molecule has 0 aromatic carbocycles. The van der Waals surface area contributed by atoms with Crippen molar-refractivity contribution in [3.05, 3.63) is 0 Å². The summed E-state index contributed by atoms with van der Waals surface area (Å²) in [5.41, 5.74) is 0. The van der Waals surface area contributed by atoms with Crippen LogP contribution in [-0.2, 0) is 4.74 Å². The molecule has 0 aliphatic carbocycles. The lowest BCUT2D eigenvalue weighted by Crippen LogP contribution is -2.38. The van der Waals surface area contributed by atoms with Gasteiger partial charge in [0.05, 0.1) is 19.4 Å². The molecule has 0 aliphatic heterocycles. The van der Waals surface area contributed by atoms with Crippen LogP contribution in [0, 0.1) is 11.3 Å². The predicted octanol–water partition coefficient (Wildman–Crippen LogP) is 3.41. The topological polar surface area (TPSA) is 33.0 Å². The van der Waals surface area contributed by atoms with Crippen LogP contribution in [0.3, 0.4) is 0 Å². The molecule has 0 fully saturated rings. The highest BCUT2D eigenvalue weighted by molar-refractivity contribution is 4.85. The van der Waals surface area contributed by atoms with Gasteiger partial charge >= 0.3 is 0 Å². The molecule has 0 saturated heterocycles. The Kier molecular flexibility index (Phi) is 9.48. The molecule has 0 heterocycles. The minimum atomic E-state index is -2.69. The number of nitrogens with zero attached hydrogens (tertiary/aromatic N) is 1. The minimum absolute atomic E-state index is 0.242. The van der Waals surface area contributed by atoms with E-state index < -0.39 is 50.5 Å². The minimum Gasteiger partial charge on any atom is -0.360 e. The van der Waals surface area contributed by atoms with Crippen molar-refractivity contribution in [2.75, 3.05) is 13.3 Å². The van der Waals surface area contributed by atoms with E-state index in [-0.39, 0.29) is 12.8 Å². The second kappa shape index (κ2) is 9.96. The van der Waals surface area contributed by atoms with Gasteiger partial charge in [0.25, 0.3) is 0 Å². The molecular formula is C12H18F5NO. The van der Waals surface area contributed by atoms with Gasteiger partial charge in [0, 0.05) is 0 Å². The monoisotopic (exact) mass is 287 g/mol. The van der Waals surface area contributed by atoms with Crippen LogP contribution in [0.2, 0.25) is 0 Å². The van der Waals surface area contributed by atoms with E-state index >= 15 is 0 Å². The Hall–Kier alpha value is -0.900. The summed E-state index contributed by atoms with van der Waals surface area (Å²) in [7, 11) is 0. The van der Waals surface area contributed by atoms with Crippen molar-refractivity contribution < 1.29 is 26.7 Å². The fourth-order valence-corrected chi connectivity index (χ4v) is 1.38. The molecule has 0 saturated carbocycles. The molecule has 5 atom stereocenters. The van der Waals surface area contributed by atoms with Crippen molar-refractivity contribution in [3.8, 4) is 6.07 Å². The maximum atomic E-state index is 13.3. The van der Waals surface area contributed by atoms with Crippen LogP contribution in [0.5, 0.6) is 0 Å². The number of halogens is 5. The highest BCUT2D eigenvalue weighted by Gasteiger charge is 2.36. The second-order valence-electron chi connectivity index (χ2n) is 4.11. The first-order valence-electron chi connectivity index (χ1n) is 6.11. The average Bonchev–Trinajstić information content (AvgIpc) is 2.43. The molecule has 0 aromatic heterocycles. The van der Waals surface area contributed by atoms with Gasteiger partial charge in [-0.05, 0) is 19.3 Å². The Bertz CT molecular complexity index is 273. The van der Waals surface area contributed by atoms with Gasteiger partial charge in [0.1, 0.15) is 12.3 Å². The lowest BCUT2D eigenvalue weighted by atomic mass is 10.0. The molecule has 112 valence electrons. The third-order valence-corrected chi connectivity index (χ3v) is 2.58. The Balaban J connectivity index is 4.16. The Labute approximate surface area is 109 Å². The van der Waals surface area contributed by atoms with Crippen molar-refractivity contribution in [3.63, 3.8) is 0 Å². The molecule has 5 unspecified atom stereocenters. The Morgan fingerprint density at radius 1 is 1.11 bits per heavy atom. The maximum Gasteiger partial charge on any atom is 0.167 e. The van der Waals surface area contributed by atoms with Gasteiger partial charge in [-0.15, -0.1) is 0 Å². The van der Waals surface area contributed by atoms with Crippen LogP contribution >= 0.6 is 0 Å². The van der Waals surface area contributed by atoms with E-state index in [0.29, 0.717) is 0 Å². The first-order valence-corrected chi connectivity index (χ1v) is 6.11. The summed E-state index contributed by atoms with van der Waals surface area (Å²) in [5, 5.41) is 8.51. The highest BCUT2D eigenvalue weighted by atomic mass is 19.2. The lowest BCUT2D eigenvalue weighted by Gasteiger charge is -2.21. The van der Waals surface area contributed by atoms with Crippen molar-refractivity contribution in [1.82, 2.24) is 0 Å². The van der Waals surface area contributed by atoms with E-state index in [1.165, 1.54) is 0 Å². The summed E-state index contributed by atoms with van der Waals surface area (Å²) in [6.07, 6.45) is -11.3. The molecule has 0 spiro atoms. The average molecular weight is 287 g/mol. The standard InChI is InChI=1S/C12H18F5NO/c1-2-8(6-18)19-7-10(15)12(17)11(16)9(14)4-3-5-13/h8-12H,2-5,7H2,1H3. The Morgan fingerprint density at radius 3 is 2.16 bits per heavy atom. The van der Waals surface area contributed by atoms with Crippen LogP contribution in [0.1, 0.15) is 26.2 Å². The molecule has 0 aliphatic rings. The van der Waals surface area contributed by atoms with E-state index in [1.807, 2.05) is 0 Å². The van der Waals surface area contributed by atoms with Crippen LogP contribution in [0.15, 0.2) is 0 Å². The van der Waals surface area contributed by atoms with E-state index in [0.717, 1.165) is 0 Å². The van der Waals surface area contributed by atoms with Gasteiger partial charge in [-0.25, -0.2) is 17.6 Å². The zero-order valence-electron chi connectivity index (χ0n) is 10.7. The number of hydrogen-bond acceptors (Lipinski definition) is 2. The molecule has 0 aromatic rings. The van der Waals surface area contributed by atoms with Gasteiger partial charge in [-0.2, -0.15) is 5.26 Å². The fourth-order valence-electron chi connectivity index (χ4n) is 1.38. The van der Waals surface area contributed by atoms with Gasteiger partial charge in [-0.3, -0.25) is 4.39 Å². The second-order valence-corrected chi connectivity index (χ2v) is 4.11. The van der Waals surface area contributed by atoms with Crippen LogP contribution < -0.4 is 0 Å². The van der Waals surface area contributed by atoms with E-state index in [2.05, 4.69) is 0 Å². The molecule has 0 N–H and O–H groups in total. The van der Waals surface area contributed by atoms with E-state index in [9.17, 15) is 22.0 Å². The summed E-state index contributed by atoms with van der Waals surface area (Å²) in [4.78, 5) is 0. The molecule has 0 amide bonds. The first kappa shape index (κ1) is 18.1. The first-order chi connectivity index (χ1) is 8.97. The van der Waals surface area contributed by atoms with Crippen molar-refractivity contribution in [1.29, 1.82) is 5.26 Å².